The van der Waals surface area contributed by atoms with Gasteiger partial charge in [0.05, 0.1) is 6.61 Å². The molecule has 1 heterocycles. The molecule has 3 rings (SSSR count). The summed E-state index contributed by atoms with van der Waals surface area (Å²) in [5.41, 5.74) is 1.38. The summed E-state index contributed by atoms with van der Waals surface area (Å²) in [5, 5.41) is 16.1. The van der Waals surface area contributed by atoms with E-state index in [1.807, 2.05) is 20.0 Å². The summed E-state index contributed by atoms with van der Waals surface area (Å²) < 4.78 is 27.0. The van der Waals surface area contributed by atoms with Gasteiger partial charge >= 0.3 is 0 Å². The van der Waals surface area contributed by atoms with Gasteiger partial charge in [-0.3, -0.25) is 0 Å². The van der Waals surface area contributed by atoms with Crippen LogP contribution in [0.5, 0.6) is 11.5 Å². The SMILES string of the molecule is CCOc1cc(CNCCCSc2nnnn2C)c(Cl)cc1OCc1ccccc1F. The zero-order valence-electron chi connectivity index (χ0n) is 17.5. The highest BCUT2D eigenvalue weighted by Gasteiger charge is 2.12. The highest BCUT2D eigenvalue weighted by atomic mass is 35.5. The van der Waals surface area contributed by atoms with E-state index in [-0.39, 0.29) is 12.4 Å². The number of nitrogens with one attached hydrogen (secondary N) is 1. The third-order valence-corrected chi connectivity index (χ3v) is 5.83. The third-order valence-electron chi connectivity index (χ3n) is 4.38. The van der Waals surface area contributed by atoms with Crippen LogP contribution in [0, 0.1) is 5.82 Å². The number of benzene rings is 2. The molecule has 2 aromatic carbocycles. The van der Waals surface area contributed by atoms with Crippen LogP contribution in [0.2, 0.25) is 5.02 Å². The van der Waals surface area contributed by atoms with Crippen molar-refractivity contribution >= 4 is 23.4 Å². The Morgan fingerprint density at radius 3 is 2.71 bits per heavy atom. The molecule has 0 aliphatic heterocycles. The average Bonchev–Trinajstić information content (AvgIpc) is 3.17. The van der Waals surface area contributed by atoms with Crippen molar-refractivity contribution in [2.45, 2.75) is 31.7 Å². The summed E-state index contributed by atoms with van der Waals surface area (Å²) >= 11 is 8.08. The van der Waals surface area contributed by atoms with Crippen molar-refractivity contribution in [3.05, 3.63) is 58.4 Å². The first kappa shape index (κ1) is 23.3. The van der Waals surface area contributed by atoms with Gasteiger partial charge in [0.2, 0.25) is 5.16 Å². The van der Waals surface area contributed by atoms with Crippen molar-refractivity contribution < 1.29 is 13.9 Å². The largest absolute Gasteiger partial charge is 0.490 e. The van der Waals surface area contributed by atoms with E-state index in [0.717, 1.165) is 29.4 Å². The van der Waals surface area contributed by atoms with Gasteiger partial charge in [0.15, 0.2) is 11.5 Å². The molecular formula is C21H25ClFN5O2S. The fraction of sp³-hybridized carbons (Fsp3) is 0.381. The Hall–Kier alpha value is -2.36. The molecule has 3 aromatic rings. The Bertz CT molecular complexity index is 988. The number of halogens is 2. The molecule has 0 aliphatic rings. The van der Waals surface area contributed by atoms with Crippen LogP contribution in [0.25, 0.3) is 0 Å². The zero-order chi connectivity index (χ0) is 22.1. The summed E-state index contributed by atoms with van der Waals surface area (Å²) in [7, 11) is 1.82. The maximum absolute atomic E-state index is 13.9. The van der Waals surface area contributed by atoms with Gasteiger partial charge < -0.3 is 14.8 Å². The monoisotopic (exact) mass is 465 g/mol. The first-order valence-electron chi connectivity index (χ1n) is 9.95. The molecule has 31 heavy (non-hydrogen) atoms. The lowest BCUT2D eigenvalue weighted by Crippen LogP contribution is -2.16. The normalized spacial score (nSPS) is 11.0. The molecule has 1 N–H and O–H groups in total. The van der Waals surface area contributed by atoms with Crippen LogP contribution in [0.1, 0.15) is 24.5 Å². The van der Waals surface area contributed by atoms with E-state index in [9.17, 15) is 4.39 Å². The number of hydrogen-bond donors (Lipinski definition) is 1. The molecule has 0 atom stereocenters. The summed E-state index contributed by atoms with van der Waals surface area (Å²) in [5.74, 6) is 1.68. The van der Waals surface area contributed by atoms with E-state index < -0.39 is 0 Å². The molecule has 0 spiro atoms. The summed E-state index contributed by atoms with van der Waals surface area (Å²) in [6, 6.07) is 10.1. The molecule has 0 amide bonds. The Kier molecular flexibility index (Phi) is 8.93. The van der Waals surface area contributed by atoms with Gasteiger partial charge in [-0.25, -0.2) is 9.07 Å². The van der Waals surface area contributed by atoms with Gasteiger partial charge in [0.1, 0.15) is 12.4 Å². The minimum absolute atomic E-state index is 0.0966. The van der Waals surface area contributed by atoms with Gasteiger partial charge in [-0.1, -0.05) is 41.6 Å². The number of tetrazole rings is 1. The fourth-order valence-corrected chi connectivity index (χ4v) is 3.80. The minimum Gasteiger partial charge on any atom is -0.490 e. The van der Waals surface area contributed by atoms with Gasteiger partial charge in [-0.15, -0.1) is 5.10 Å². The average molecular weight is 466 g/mol. The zero-order valence-corrected chi connectivity index (χ0v) is 19.0. The molecule has 1 aromatic heterocycles. The summed E-state index contributed by atoms with van der Waals surface area (Å²) in [6.45, 7) is 3.91. The molecule has 0 radical (unpaired) electrons. The van der Waals surface area contributed by atoms with E-state index >= 15 is 0 Å². The Morgan fingerprint density at radius 2 is 1.97 bits per heavy atom. The molecule has 166 valence electrons. The third kappa shape index (κ3) is 6.81. The second-order valence-electron chi connectivity index (χ2n) is 6.67. The molecule has 0 fully saturated rings. The topological polar surface area (TPSA) is 74.1 Å². The van der Waals surface area contributed by atoms with Crippen molar-refractivity contribution in [2.75, 3.05) is 18.9 Å². The van der Waals surface area contributed by atoms with E-state index in [0.29, 0.717) is 35.2 Å². The number of hydrogen-bond acceptors (Lipinski definition) is 7. The highest BCUT2D eigenvalue weighted by molar-refractivity contribution is 7.99. The van der Waals surface area contributed by atoms with Crippen LogP contribution in [-0.2, 0) is 20.2 Å². The highest BCUT2D eigenvalue weighted by Crippen LogP contribution is 2.34. The predicted molar refractivity (Wildman–Crippen MR) is 119 cm³/mol. The van der Waals surface area contributed by atoms with Crippen LogP contribution in [0.15, 0.2) is 41.6 Å². The molecule has 0 unspecified atom stereocenters. The van der Waals surface area contributed by atoms with Crippen molar-refractivity contribution in [3.8, 4) is 11.5 Å². The number of aryl methyl sites for hydroxylation is 1. The lowest BCUT2D eigenvalue weighted by molar-refractivity contribution is 0.265. The standard InChI is InChI=1S/C21H25ClFN5O2S/c1-3-29-19-11-16(13-24-9-6-10-31-21-25-26-27-28(21)2)17(22)12-20(19)30-14-15-7-4-5-8-18(15)23/h4-5,7-8,11-12,24H,3,6,9-10,13-14H2,1-2H3. The first-order valence-corrected chi connectivity index (χ1v) is 11.3. The maximum Gasteiger partial charge on any atom is 0.209 e. The summed E-state index contributed by atoms with van der Waals surface area (Å²) in [4.78, 5) is 0. The van der Waals surface area contributed by atoms with E-state index in [1.165, 1.54) is 6.07 Å². The van der Waals surface area contributed by atoms with Gasteiger partial charge in [-0.05, 0) is 48.0 Å². The number of ether oxygens (including phenoxy) is 2. The van der Waals surface area contributed by atoms with Crippen molar-refractivity contribution in [2.24, 2.45) is 7.05 Å². The molecule has 0 bridgehead atoms. The van der Waals surface area contributed by atoms with Crippen molar-refractivity contribution in [3.63, 3.8) is 0 Å². The minimum atomic E-state index is -0.305. The molecule has 10 heteroatoms. The Balaban J connectivity index is 1.52. The van der Waals surface area contributed by atoms with Gasteiger partial charge in [0, 0.05) is 36.0 Å². The number of rotatable bonds is 12. The second-order valence-corrected chi connectivity index (χ2v) is 8.14. The molecule has 7 nitrogen and oxygen atoms in total. The van der Waals surface area contributed by atoms with Gasteiger partial charge in [-0.2, -0.15) is 0 Å². The van der Waals surface area contributed by atoms with Crippen LogP contribution >= 0.6 is 23.4 Å². The first-order chi connectivity index (χ1) is 15.1. The van der Waals surface area contributed by atoms with Crippen LogP contribution in [0.4, 0.5) is 4.39 Å². The quantitative estimate of drug-likeness (QED) is 0.316. The van der Waals surface area contributed by atoms with Crippen LogP contribution in [-0.4, -0.2) is 39.1 Å². The molecular weight excluding hydrogens is 441 g/mol. The fourth-order valence-electron chi connectivity index (χ4n) is 2.79. The van der Waals surface area contributed by atoms with Crippen molar-refractivity contribution in [1.82, 2.24) is 25.5 Å². The Morgan fingerprint density at radius 1 is 1.16 bits per heavy atom. The Labute approximate surface area is 190 Å². The van der Waals surface area contributed by atoms with E-state index in [2.05, 4.69) is 20.8 Å². The molecule has 0 aliphatic carbocycles. The predicted octanol–water partition coefficient (Wildman–Crippen LogP) is 4.25. The van der Waals surface area contributed by atoms with Gasteiger partial charge in [0.25, 0.3) is 0 Å². The summed E-state index contributed by atoms with van der Waals surface area (Å²) in [6.07, 6.45) is 0.956. The number of thioether (sulfide) groups is 1. The number of nitrogens with zero attached hydrogens (tertiary/aromatic N) is 4. The second kappa shape index (κ2) is 11.9. The lowest BCUT2D eigenvalue weighted by Gasteiger charge is -2.15. The van der Waals surface area contributed by atoms with Crippen LogP contribution < -0.4 is 14.8 Å². The molecule has 0 saturated carbocycles. The van der Waals surface area contributed by atoms with E-state index in [1.54, 1.807) is 40.7 Å². The molecule has 0 saturated heterocycles. The van der Waals surface area contributed by atoms with Crippen LogP contribution in [0.3, 0.4) is 0 Å². The smallest absolute Gasteiger partial charge is 0.209 e. The van der Waals surface area contributed by atoms with Crippen molar-refractivity contribution in [1.29, 1.82) is 0 Å². The lowest BCUT2D eigenvalue weighted by atomic mass is 10.2. The number of aromatic nitrogens is 4. The maximum atomic E-state index is 13.9. The van der Waals surface area contributed by atoms with E-state index in [4.69, 9.17) is 21.1 Å².